The van der Waals surface area contributed by atoms with Crippen molar-refractivity contribution in [3.63, 3.8) is 0 Å². The van der Waals surface area contributed by atoms with Gasteiger partial charge < -0.3 is 9.64 Å². The van der Waals surface area contributed by atoms with Crippen LogP contribution < -0.4 is 4.74 Å². The number of carbonyl (C=O) groups is 1. The van der Waals surface area contributed by atoms with E-state index in [1.54, 1.807) is 11.9 Å². The van der Waals surface area contributed by atoms with E-state index in [4.69, 9.17) is 16.3 Å². The number of benzene rings is 1. The molecule has 1 aromatic carbocycles. The minimum absolute atomic E-state index is 0.172. The summed E-state index contributed by atoms with van der Waals surface area (Å²) in [5.41, 5.74) is 0. The molecule has 0 spiro atoms. The van der Waals surface area contributed by atoms with Gasteiger partial charge in [0.25, 0.3) is 5.91 Å². The number of hydrogen-bond donors (Lipinski definition) is 0. The van der Waals surface area contributed by atoms with E-state index in [-0.39, 0.29) is 10.4 Å². The minimum Gasteiger partial charge on any atom is -0.494 e. The first-order chi connectivity index (χ1) is 9.66. The van der Waals surface area contributed by atoms with E-state index in [2.05, 4.69) is 10.2 Å². The third kappa shape index (κ3) is 4.18. The smallest absolute Gasteiger partial charge is 0.284 e. The maximum Gasteiger partial charge on any atom is 0.284 e. The molecule has 2 aromatic rings. The van der Waals surface area contributed by atoms with Gasteiger partial charge in [-0.15, -0.1) is 10.2 Å². The van der Waals surface area contributed by atoms with Crippen LogP contribution in [0.5, 0.6) is 5.75 Å². The molecular formula is C13H14ClN3O2S. The molecule has 0 atom stereocenters. The third-order valence-corrected chi connectivity index (χ3v) is 3.59. The summed E-state index contributed by atoms with van der Waals surface area (Å²) >= 11 is 6.74. The Morgan fingerprint density at radius 2 is 2.10 bits per heavy atom. The topological polar surface area (TPSA) is 55.3 Å². The molecule has 1 heterocycles. The number of amides is 1. The van der Waals surface area contributed by atoms with Gasteiger partial charge in [0.05, 0.1) is 6.61 Å². The summed E-state index contributed by atoms with van der Waals surface area (Å²) in [6.07, 6.45) is 0.740. The molecule has 0 saturated heterocycles. The molecule has 0 fully saturated rings. The van der Waals surface area contributed by atoms with Crippen molar-refractivity contribution in [2.45, 2.75) is 6.42 Å². The molecule has 0 aliphatic heterocycles. The molecule has 0 bridgehead atoms. The van der Waals surface area contributed by atoms with Gasteiger partial charge in [-0.2, -0.15) is 0 Å². The summed E-state index contributed by atoms with van der Waals surface area (Å²) in [6, 6.07) is 9.58. The highest BCUT2D eigenvalue weighted by Crippen LogP contribution is 2.16. The number of ether oxygens (including phenoxy) is 1. The molecule has 2 rings (SSSR count). The van der Waals surface area contributed by atoms with Crippen LogP contribution >= 0.6 is 22.9 Å². The van der Waals surface area contributed by atoms with Crippen LogP contribution in [0.2, 0.25) is 4.47 Å². The van der Waals surface area contributed by atoms with Crippen molar-refractivity contribution in [2.24, 2.45) is 0 Å². The van der Waals surface area contributed by atoms with Crippen molar-refractivity contribution in [2.75, 3.05) is 20.2 Å². The number of rotatable bonds is 6. The number of nitrogens with zero attached hydrogens (tertiary/aromatic N) is 3. The number of hydrogen-bond acceptors (Lipinski definition) is 5. The fourth-order valence-corrected chi connectivity index (χ4v) is 2.39. The largest absolute Gasteiger partial charge is 0.494 e. The van der Waals surface area contributed by atoms with Crippen LogP contribution in [-0.2, 0) is 0 Å². The second-order valence-electron chi connectivity index (χ2n) is 4.10. The first kappa shape index (κ1) is 14.7. The molecule has 5 nitrogen and oxygen atoms in total. The summed E-state index contributed by atoms with van der Waals surface area (Å²) in [6.45, 7) is 1.14. The predicted octanol–water partition coefficient (Wildman–Crippen LogP) is 2.73. The average Bonchev–Trinajstić information content (AvgIpc) is 2.90. The average molecular weight is 312 g/mol. The maximum atomic E-state index is 12.0. The fraction of sp³-hybridized carbons (Fsp3) is 0.308. The number of halogens is 1. The lowest BCUT2D eigenvalue weighted by molar-refractivity contribution is 0.0786. The number of aromatic nitrogens is 2. The SMILES string of the molecule is CN(CCCOc1ccccc1)C(=O)c1nnc(Cl)s1. The first-order valence-corrected chi connectivity index (χ1v) is 7.28. The molecule has 0 saturated carbocycles. The van der Waals surface area contributed by atoms with E-state index >= 15 is 0 Å². The van der Waals surface area contributed by atoms with Crippen molar-refractivity contribution in [1.82, 2.24) is 15.1 Å². The molecule has 0 radical (unpaired) electrons. The standard InChI is InChI=1S/C13H14ClN3O2S/c1-17(12(18)11-15-16-13(14)20-11)8-5-9-19-10-6-3-2-4-7-10/h2-4,6-7H,5,8-9H2,1H3. The zero-order chi connectivity index (χ0) is 14.4. The molecule has 20 heavy (non-hydrogen) atoms. The molecule has 1 aromatic heterocycles. The Hall–Kier alpha value is -1.66. The zero-order valence-electron chi connectivity index (χ0n) is 11.0. The Balaban J connectivity index is 1.72. The molecule has 1 amide bonds. The summed E-state index contributed by atoms with van der Waals surface area (Å²) in [5, 5.41) is 7.65. The lowest BCUT2D eigenvalue weighted by Gasteiger charge is -2.15. The predicted molar refractivity (Wildman–Crippen MR) is 78.4 cm³/mol. The third-order valence-electron chi connectivity index (χ3n) is 2.58. The van der Waals surface area contributed by atoms with E-state index < -0.39 is 0 Å². The van der Waals surface area contributed by atoms with Crippen LogP contribution in [-0.4, -0.2) is 41.2 Å². The van der Waals surface area contributed by atoms with E-state index in [1.807, 2.05) is 30.3 Å². The van der Waals surface area contributed by atoms with E-state index in [9.17, 15) is 4.79 Å². The zero-order valence-corrected chi connectivity index (χ0v) is 12.5. The number of carbonyl (C=O) groups excluding carboxylic acids is 1. The summed E-state index contributed by atoms with van der Waals surface area (Å²) in [7, 11) is 1.72. The van der Waals surface area contributed by atoms with E-state index in [0.29, 0.717) is 18.2 Å². The summed E-state index contributed by atoms with van der Waals surface area (Å²) in [5.74, 6) is 0.659. The lowest BCUT2D eigenvalue weighted by atomic mass is 10.3. The Morgan fingerprint density at radius 1 is 1.35 bits per heavy atom. The van der Waals surface area contributed by atoms with Gasteiger partial charge in [-0.1, -0.05) is 29.5 Å². The van der Waals surface area contributed by atoms with Gasteiger partial charge in [0.15, 0.2) is 0 Å². The molecule has 0 aliphatic rings. The fourth-order valence-electron chi connectivity index (χ4n) is 1.57. The second kappa shape index (κ2) is 7.21. The van der Waals surface area contributed by atoms with Crippen molar-refractivity contribution in [3.8, 4) is 5.75 Å². The van der Waals surface area contributed by atoms with Gasteiger partial charge in [0.1, 0.15) is 5.75 Å². The van der Waals surface area contributed by atoms with Gasteiger partial charge in [-0.05, 0) is 30.2 Å². The summed E-state index contributed by atoms with van der Waals surface area (Å²) < 4.78 is 5.83. The Kier molecular flexibility index (Phi) is 5.31. The Morgan fingerprint density at radius 3 is 2.75 bits per heavy atom. The molecule has 7 heteroatoms. The van der Waals surface area contributed by atoms with Crippen LogP contribution in [0.1, 0.15) is 16.2 Å². The first-order valence-electron chi connectivity index (χ1n) is 6.09. The highest BCUT2D eigenvalue weighted by Gasteiger charge is 2.16. The van der Waals surface area contributed by atoms with Crippen molar-refractivity contribution in [3.05, 3.63) is 39.8 Å². The van der Waals surface area contributed by atoms with Gasteiger partial charge in [-0.3, -0.25) is 4.79 Å². The summed E-state index contributed by atoms with van der Waals surface area (Å²) in [4.78, 5) is 13.5. The van der Waals surface area contributed by atoms with Crippen molar-refractivity contribution < 1.29 is 9.53 Å². The van der Waals surface area contributed by atoms with Crippen LogP contribution in [0.15, 0.2) is 30.3 Å². The molecule has 106 valence electrons. The van der Waals surface area contributed by atoms with E-state index in [0.717, 1.165) is 23.5 Å². The van der Waals surface area contributed by atoms with Crippen LogP contribution in [0, 0.1) is 0 Å². The van der Waals surface area contributed by atoms with Gasteiger partial charge in [0, 0.05) is 13.6 Å². The maximum absolute atomic E-state index is 12.0. The van der Waals surface area contributed by atoms with Crippen LogP contribution in [0.25, 0.3) is 0 Å². The van der Waals surface area contributed by atoms with E-state index in [1.165, 1.54) is 0 Å². The minimum atomic E-state index is -0.172. The van der Waals surface area contributed by atoms with Gasteiger partial charge in [-0.25, -0.2) is 0 Å². The lowest BCUT2D eigenvalue weighted by Crippen LogP contribution is -2.28. The van der Waals surface area contributed by atoms with Gasteiger partial charge >= 0.3 is 0 Å². The van der Waals surface area contributed by atoms with Crippen LogP contribution in [0.3, 0.4) is 0 Å². The number of para-hydroxylation sites is 1. The monoisotopic (exact) mass is 311 g/mol. The highest BCUT2D eigenvalue weighted by atomic mass is 35.5. The second-order valence-corrected chi connectivity index (χ2v) is 5.66. The molecule has 0 unspecified atom stereocenters. The highest BCUT2D eigenvalue weighted by molar-refractivity contribution is 7.17. The van der Waals surface area contributed by atoms with Crippen LogP contribution in [0.4, 0.5) is 0 Å². The molecule has 0 N–H and O–H groups in total. The van der Waals surface area contributed by atoms with Crippen molar-refractivity contribution in [1.29, 1.82) is 0 Å². The van der Waals surface area contributed by atoms with Crippen molar-refractivity contribution >= 4 is 28.8 Å². The molecular weight excluding hydrogens is 298 g/mol. The van der Waals surface area contributed by atoms with Gasteiger partial charge in [0.2, 0.25) is 9.47 Å². The quantitative estimate of drug-likeness (QED) is 0.770. The normalized spacial score (nSPS) is 10.3. The Labute approximate surface area is 126 Å². The molecule has 0 aliphatic carbocycles. The Bertz CT molecular complexity index is 562.